The molecule has 0 bridgehead atoms. The van der Waals surface area contributed by atoms with E-state index in [9.17, 15) is 18.0 Å². The number of aryl methyl sites for hydroxylation is 1. The molecule has 0 heterocycles. The standard InChI is InChI=1S/C19H22F3N3O/c1-13-9-10-15(11-16(13)19(20,21)22)23-18(26)24-17(12-25(2)3)14-7-5-4-6-8-14/h4-11,17H,12H2,1-3H3,(H2,23,24,26). The van der Waals surface area contributed by atoms with Crippen molar-refractivity contribution in [2.75, 3.05) is 26.0 Å². The molecule has 0 spiro atoms. The van der Waals surface area contributed by atoms with Gasteiger partial charge < -0.3 is 15.5 Å². The lowest BCUT2D eigenvalue weighted by atomic mass is 10.1. The molecular formula is C19H22F3N3O. The van der Waals surface area contributed by atoms with Gasteiger partial charge in [0.2, 0.25) is 0 Å². The third kappa shape index (κ3) is 5.49. The SMILES string of the molecule is Cc1ccc(NC(=O)NC(CN(C)C)c2ccccc2)cc1C(F)(F)F. The van der Waals surface area contributed by atoms with Gasteiger partial charge in [0.25, 0.3) is 0 Å². The Kier molecular flexibility index (Phi) is 6.26. The van der Waals surface area contributed by atoms with E-state index in [1.807, 2.05) is 49.3 Å². The Morgan fingerprint density at radius 2 is 1.77 bits per heavy atom. The molecule has 4 nitrogen and oxygen atoms in total. The summed E-state index contributed by atoms with van der Waals surface area (Å²) in [5, 5.41) is 5.30. The minimum absolute atomic E-state index is 0.0945. The van der Waals surface area contributed by atoms with Crippen molar-refractivity contribution in [3.8, 4) is 0 Å². The number of carbonyl (C=O) groups is 1. The van der Waals surface area contributed by atoms with Gasteiger partial charge in [-0.15, -0.1) is 0 Å². The van der Waals surface area contributed by atoms with Gasteiger partial charge in [-0.1, -0.05) is 36.4 Å². The number of amides is 2. The van der Waals surface area contributed by atoms with Crippen LogP contribution in [0, 0.1) is 6.92 Å². The van der Waals surface area contributed by atoms with Gasteiger partial charge in [-0.05, 0) is 44.3 Å². The van der Waals surface area contributed by atoms with Gasteiger partial charge in [0.1, 0.15) is 0 Å². The first-order chi connectivity index (χ1) is 12.2. The van der Waals surface area contributed by atoms with Crippen LogP contribution in [-0.4, -0.2) is 31.6 Å². The van der Waals surface area contributed by atoms with Gasteiger partial charge in [0.05, 0.1) is 11.6 Å². The highest BCUT2D eigenvalue weighted by Gasteiger charge is 2.32. The topological polar surface area (TPSA) is 44.4 Å². The summed E-state index contributed by atoms with van der Waals surface area (Å²) < 4.78 is 39.0. The Bertz CT molecular complexity index is 745. The predicted octanol–water partition coefficient (Wildman–Crippen LogP) is 4.44. The van der Waals surface area contributed by atoms with Crippen LogP contribution >= 0.6 is 0 Å². The van der Waals surface area contributed by atoms with Gasteiger partial charge >= 0.3 is 12.2 Å². The maximum atomic E-state index is 13.0. The monoisotopic (exact) mass is 365 g/mol. The molecule has 1 unspecified atom stereocenters. The third-order valence-electron chi connectivity index (χ3n) is 3.86. The molecule has 2 aromatic rings. The predicted molar refractivity (Wildman–Crippen MR) is 96.1 cm³/mol. The van der Waals surface area contributed by atoms with E-state index in [-0.39, 0.29) is 17.3 Å². The molecule has 0 aliphatic carbocycles. The summed E-state index contributed by atoms with van der Waals surface area (Å²) in [5.41, 5.74) is 0.356. The lowest BCUT2D eigenvalue weighted by Gasteiger charge is -2.23. The third-order valence-corrected chi connectivity index (χ3v) is 3.86. The second kappa shape index (κ2) is 8.23. The van der Waals surface area contributed by atoms with Crippen LogP contribution in [0.1, 0.15) is 22.7 Å². The molecule has 0 fully saturated rings. The molecule has 0 aliphatic heterocycles. The van der Waals surface area contributed by atoms with E-state index in [0.29, 0.717) is 6.54 Å². The van der Waals surface area contributed by atoms with E-state index in [1.165, 1.54) is 19.1 Å². The van der Waals surface area contributed by atoms with Crippen molar-refractivity contribution >= 4 is 11.7 Å². The molecule has 2 N–H and O–H groups in total. The van der Waals surface area contributed by atoms with Crippen LogP contribution < -0.4 is 10.6 Å². The number of nitrogens with zero attached hydrogens (tertiary/aromatic N) is 1. The fraction of sp³-hybridized carbons (Fsp3) is 0.316. The van der Waals surface area contributed by atoms with Crippen molar-refractivity contribution in [1.82, 2.24) is 10.2 Å². The molecule has 0 saturated heterocycles. The summed E-state index contributed by atoms with van der Waals surface area (Å²) in [5.74, 6) is 0. The quantitative estimate of drug-likeness (QED) is 0.823. The first-order valence-corrected chi connectivity index (χ1v) is 8.12. The molecule has 2 rings (SSSR count). The summed E-state index contributed by atoms with van der Waals surface area (Å²) in [4.78, 5) is 14.2. The Labute approximate surface area is 151 Å². The van der Waals surface area contributed by atoms with Crippen LogP contribution in [0.15, 0.2) is 48.5 Å². The van der Waals surface area contributed by atoms with E-state index in [4.69, 9.17) is 0 Å². The first kappa shape index (κ1) is 19.8. The number of urea groups is 1. The van der Waals surface area contributed by atoms with E-state index in [2.05, 4.69) is 10.6 Å². The van der Waals surface area contributed by atoms with Crippen LogP contribution in [0.5, 0.6) is 0 Å². The molecule has 7 heteroatoms. The van der Waals surface area contributed by atoms with Gasteiger partial charge in [-0.25, -0.2) is 4.79 Å². The van der Waals surface area contributed by atoms with Crippen LogP contribution in [0.4, 0.5) is 23.7 Å². The van der Waals surface area contributed by atoms with Gasteiger partial charge in [-0.2, -0.15) is 13.2 Å². The molecule has 2 aromatic carbocycles. The normalized spacial score (nSPS) is 12.7. The minimum Gasteiger partial charge on any atom is -0.330 e. The second-order valence-electron chi connectivity index (χ2n) is 6.35. The number of hydrogen-bond donors (Lipinski definition) is 2. The molecular weight excluding hydrogens is 343 g/mol. The van der Waals surface area contributed by atoms with Gasteiger partial charge in [0.15, 0.2) is 0 Å². The number of nitrogens with one attached hydrogen (secondary N) is 2. The van der Waals surface area contributed by atoms with Crippen molar-refractivity contribution in [3.63, 3.8) is 0 Å². The summed E-state index contributed by atoms with van der Waals surface area (Å²) in [6.45, 7) is 1.94. The van der Waals surface area contributed by atoms with Crippen LogP contribution in [-0.2, 0) is 6.18 Å². The van der Waals surface area contributed by atoms with E-state index < -0.39 is 17.8 Å². The number of halogens is 3. The van der Waals surface area contributed by atoms with Crippen LogP contribution in [0.25, 0.3) is 0 Å². The summed E-state index contributed by atoms with van der Waals surface area (Å²) >= 11 is 0. The zero-order valence-corrected chi connectivity index (χ0v) is 14.9. The number of hydrogen-bond acceptors (Lipinski definition) is 2. The van der Waals surface area contributed by atoms with E-state index in [0.717, 1.165) is 11.6 Å². The highest BCUT2D eigenvalue weighted by atomic mass is 19.4. The summed E-state index contributed by atoms with van der Waals surface area (Å²) in [7, 11) is 3.76. The first-order valence-electron chi connectivity index (χ1n) is 8.12. The highest BCUT2D eigenvalue weighted by molar-refractivity contribution is 5.89. The Morgan fingerprint density at radius 1 is 1.12 bits per heavy atom. The fourth-order valence-corrected chi connectivity index (χ4v) is 2.62. The molecule has 0 aliphatic rings. The Morgan fingerprint density at radius 3 is 2.35 bits per heavy atom. The van der Waals surface area contributed by atoms with E-state index >= 15 is 0 Å². The largest absolute Gasteiger partial charge is 0.416 e. The lowest BCUT2D eigenvalue weighted by molar-refractivity contribution is -0.138. The van der Waals surface area contributed by atoms with Crippen LogP contribution in [0.3, 0.4) is 0 Å². The zero-order chi connectivity index (χ0) is 19.3. The number of carbonyl (C=O) groups excluding carboxylic acids is 1. The minimum atomic E-state index is -4.46. The number of alkyl halides is 3. The smallest absolute Gasteiger partial charge is 0.330 e. The highest BCUT2D eigenvalue weighted by Crippen LogP contribution is 2.33. The maximum Gasteiger partial charge on any atom is 0.416 e. The molecule has 1 atom stereocenters. The Hall–Kier alpha value is -2.54. The summed E-state index contributed by atoms with van der Waals surface area (Å²) in [6.07, 6.45) is -4.46. The average Bonchev–Trinajstić information content (AvgIpc) is 2.55. The number of rotatable bonds is 5. The molecule has 140 valence electrons. The van der Waals surface area contributed by atoms with Crippen molar-refractivity contribution in [1.29, 1.82) is 0 Å². The van der Waals surface area contributed by atoms with Gasteiger partial charge in [0, 0.05) is 12.2 Å². The van der Waals surface area contributed by atoms with Crippen molar-refractivity contribution in [2.24, 2.45) is 0 Å². The zero-order valence-electron chi connectivity index (χ0n) is 14.9. The maximum absolute atomic E-state index is 13.0. The number of likely N-dealkylation sites (N-methyl/N-ethyl adjacent to an activating group) is 1. The number of anilines is 1. The Balaban J connectivity index is 2.13. The molecule has 0 saturated carbocycles. The van der Waals surface area contributed by atoms with E-state index in [1.54, 1.807) is 0 Å². The average molecular weight is 365 g/mol. The van der Waals surface area contributed by atoms with Crippen molar-refractivity contribution in [2.45, 2.75) is 19.1 Å². The van der Waals surface area contributed by atoms with Crippen molar-refractivity contribution < 1.29 is 18.0 Å². The lowest BCUT2D eigenvalue weighted by Crippen LogP contribution is -2.37. The molecule has 0 radical (unpaired) electrons. The fourth-order valence-electron chi connectivity index (χ4n) is 2.62. The van der Waals surface area contributed by atoms with Gasteiger partial charge in [-0.3, -0.25) is 0 Å². The summed E-state index contributed by atoms with van der Waals surface area (Å²) in [6, 6.07) is 12.3. The molecule has 0 aromatic heterocycles. The number of benzene rings is 2. The van der Waals surface area contributed by atoms with Crippen molar-refractivity contribution in [3.05, 3.63) is 65.2 Å². The van der Waals surface area contributed by atoms with Crippen LogP contribution in [0.2, 0.25) is 0 Å². The molecule has 2 amide bonds. The molecule has 26 heavy (non-hydrogen) atoms. The second-order valence-corrected chi connectivity index (χ2v) is 6.35.